The zero-order valence-corrected chi connectivity index (χ0v) is 18.6. The van der Waals surface area contributed by atoms with Crippen LogP contribution in [0.1, 0.15) is 32.9 Å². The fraction of sp³-hybridized carbons (Fsp3) is 0.318. The molecule has 1 atom stereocenters. The third-order valence-electron chi connectivity index (χ3n) is 5.68. The number of thiazole rings is 1. The van der Waals surface area contributed by atoms with E-state index in [2.05, 4.69) is 15.0 Å². The van der Waals surface area contributed by atoms with Gasteiger partial charge in [0, 0.05) is 26.2 Å². The maximum absolute atomic E-state index is 12.7. The minimum Gasteiger partial charge on any atom is -0.497 e. The van der Waals surface area contributed by atoms with Crippen molar-refractivity contribution in [2.24, 2.45) is 0 Å². The smallest absolute Gasteiger partial charge is 0.289 e. The van der Waals surface area contributed by atoms with Crippen molar-refractivity contribution in [3.8, 4) is 11.6 Å². The van der Waals surface area contributed by atoms with Crippen molar-refractivity contribution in [1.82, 2.24) is 24.4 Å². The Kier molecular flexibility index (Phi) is 5.32. The van der Waals surface area contributed by atoms with E-state index >= 15 is 0 Å². The lowest BCUT2D eigenvalue weighted by molar-refractivity contribution is 0.0568. The fourth-order valence-corrected chi connectivity index (χ4v) is 5.24. The number of fused-ring (bicyclic) bond motifs is 1. The number of carbonyl (C=O) groups excluding carboxylic acids is 1. The molecule has 1 aromatic carbocycles. The minimum atomic E-state index is -0.199. The Morgan fingerprint density at radius 1 is 1.19 bits per heavy atom. The van der Waals surface area contributed by atoms with E-state index in [-0.39, 0.29) is 17.8 Å². The van der Waals surface area contributed by atoms with Crippen molar-refractivity contribution < 1.29 is 19.1 Å². The van der Waals surface area contributed by atoms with E-state index in [1.165, 1.54) is 22.1 Å². The quantitative estimate of drug-likeness (QED) is 0.496. The average molecular weight is 454 g/mol. The molecule has 0 spiro atoms. The van der Waals surface area contributed by atoms with Crippen molar-refractivity contribution >= 4 is 22.2 Å². The molecule has 1 unspecified atom stereocenters. The van der Waals surface area contributed by atoms with Crippen LogP contribution >= 0.6 is 11.3 Å². The first kappa shape index (κ1) is 20.5. The summed E-state index contributed by atoms with van der Waals surface area (Å²) >= 11 is 1.43. The topological polar surface area (TPSA) is 96.3 Å². The van der Waals surface area contributed by atoms with Gasteiger partial charge in [0.2, 0.25) is 10.8 Å². The van der Waals surface area contributed by atoms with Crippen molar-refractivity contribution in [3.63, 3.8) is 0 Å². The van der Waals surface area contributed by atoms with Crippen LogP contribution in [0, 0.1) is 6.92 Å². The summed E-state index contributed by atoms with van der Waals surface area (Å²) in [5.74, 6) is 1.73. The molecule has 10 heteroatoms. The molecular formula is C22H23N5O4S. The molecule has 32 heavy (non-hydrogen) atoms. The molecule has 1 N–H and O–H groups in total. The monoisotopic (exact) mass is 453 g/mol. The van der Waals surface area contributed by atoms with Gasteiger partial charge in [-0.2, -0.15) is 4.52 Å². The standard InChI is InChI=1S/C22H23N5O4S/c1-14-23-22-27(24-14)21(29)19(32-22)18(15-5-7-16(30-2)8-6-15)25-9-11-26(12-10-25)20(28)17-4-3-13-31-17/h3-8,13,18,29H,9-12H2,1-2H3. The fourth-order valence-electron chi connectivity index (χ4n) is 4.08. The van der Waals surface area contributed by atoms with Gasteiger partial charge in [-0.25, -0.2) is 4.98 Å². The lowest BCUT2D eigenvalue weighted by Crippen LogP contribution is -2.49. The maximum atomic E-state index is 12.7. The van der Waals surface area contributed by atoms with Gasteiger partial charge in [0.1, 0.15) is 11.6 Å². The summed E-state index contributed by atoms with van der Waals surface area (Å²) in [6, 6.07) is 11.0. The first-order valence-electron chi connectivity index (χ1n) is 10.3. The second-order valence-electron chi connectivity index (χ2n) is 7.62. The van der Waals surface area contributed by atoms with Crippen molar-refractivity contribution in [2.75, 3.05) is 33.3 Å². The molecule has 0 bridgehead atoms. The van der Waals surface area contributed by atoms with E-state index < -0.39 is 0 Å². The number of aromatic hydroxyl groups is 1. The number of ether oxygens (including phenoxy) is 1. The molecule has 4 heterocycles. The van der Waals surface area contributed by atoms with E-state index in [0.717, 1.165) is 16.2 Å². The largest absolute Gasteiger partial charge is 0.497 e. The zero-order valence-electron chi connectivity index (χ0n) is 17.8. The Bertz CT molecular complexity index is 1220. The number of amides is 1. The molecule has 0 aliphatic carbocycles. The van der Waals surface area contributed by atoms with E-state index in [1.807, 2.05) is 24.3 Å². The molecule has 9 nitrogen and oxygen atoms in total. The SMILES string of the molecule is COc1ccc(C(c2sc3nc(C)nn3c2O)N2CCN(C(=O)c3ccco3)CC2)cc1. The first-order chi connectivity index (χ1) is 15.5. The van der Waals surface area contributed by atoms with Crippen LogP contribution in [0.4, 0.5) is 0 Å². The van der Waals surface area contributed by atoms with Crippen LogP contribution in [-0.4, -0.2) is 68.7 Å². The van der Waals surface area contributed by atoms with Crippen LogP contribution in [-0.2, 0) is 0 Å². The van der Waals surface area contributed by atoms with E-state index in [0.29, 0.717) is 42.7 Å². The Balaban J connectivity index is 1.45. The van der Waals surface area contributed by atoms with Crippen LogP contribution < -0.4 is 4.74 Å². The minimum absolute atomic E-state index is 0.0977. The van der Waals surface area contributed by atoms with E-state index in [1.54, 1.807) is 31.1 Å². The summed E-state index contributed by atoms with van der Waals surface area (Å²) in [5.41, 5.74) is 1.02. The molecular weight excluding hydrogens is 430 g/mol. The second kappa shape index (κ2) is 8.29. The third-order valence-corrected chi connectivity index (χ3v) is 6.76. The Labute approximate surface area is 188 Å². The Morgan fingerprint density at radius 3 is 2.56 bits per heavy atom. The normalized spacial score (nSPS) is 15.9. The van der Waals surface area contributed by atoms with Crippen LogP contribution in [0.25, 0.3) is 4.96 Å². The predicted octanol–water partition coefficient (Wildman–Crippen LogP) is 2.95. The highest BCUT2D eigenvalue weighted by Crippen LogP contribution is 2.40. The van der Waals surface area contributed by atoms with Gasteiger partial charge < -0.3 is 19.2 Å². The molecule has 3 aromatic heterocycles. The number of aryl methyl sites for hydroxylation is 1. The summed E-state index contributed by atoms with van der Waals surface area (Å²) in [7, 11) is 1.63. The van der Waals surface area contributed by atoms with Gasteiger partial charge in [0.25, 0.3) is 5.91 Å². The van der Waals surface area contributed by atoms with Crippen molar-refractivity contribution in [1.29, 1.82) is 0 Å². The summed E-state index contributed by atoms with van der Waals surface area (Å²) in [5, 5.41) is 15.3. The molecule has 0 saturated carbocycles. The highest BCUT2D eigenvalue weighted by Gasteiger charge is 2.33. The molecule has 1 fully saturated rings. The lowest BCUT2D eigenvalue weighted by atomic mass is 10.0. The van der Waals surface area contributed by atoms with Crippen LogP contribution in [0.15, 0.2) is 47.1 Å². The number of hydrogen-bond donors (Lipinski definition) is 1. The molecule has 166 valence electrons. The van der Waals surface area contributed by atoms with Gasteiger partial charge >= 0.3 is 0 Å². The number of aromatic nitrogens is 3. The number of nitrogens with zero attached hydrogens (tertiary/aromatic N) is 5. The molecule has 1 amide bonds. The molecule has 1 aliphatic rings. The third kappa shape index (κ3) is 3.61. The number of hydrogen-bond acceptors (Lipinski definition) is 8. The molecule has 5 rings (SSSR count). The Morgan fingerprint density at radius 2 is 1.94 bits per heavy atom. The molecule has 4 aromatic rings. The molecule has 0 radical (unpaired) electrons. The number of carbonyl (C=O) groups is 1. The molecule has 1 saturated heterocycles. The second-order valence-corrected chi connectivity index (χ2v) is 8.63. The number of methoxy groups -OCH3 is 1. The molecule has 1 aliphatic heterocycles. The van der Waals surface area contributed by atoms with Gasteiger partial charge in [-0.1, -0.05) is 23.5 Å². The van der Waals surface area contributed by atoms with E-state index in [9.17, 15) is 9.90 Å². The van der Waals surface area contributed by atoms with Gasteiger partial charge in [-0.3, -0.25) is 9.69 Å². The highest BCUT2D eigenvalue weighted by atomic mass is 32.1. The van der Waals surface area contributed by atoms with Crippen LogP contribution in [0.2, 0.25) is 0 Å². The van der Waals surface area contributed by atoms with Crippen LogP contribution in [0.5, 0.6) is 11.6 Å². The number of furan rings is 1. The lowest BCUT2D eigenvalue weighted by Gasteiger charge is -2.38. The van der Waals surface area contributed by atoms with E-state index in [4.69, 9.17) is 9.15 Å². The zero-order chi connectivity index (χ0) is 22.2. The highest BCUT2D eigenvalue weighted by molar-refractivity contribution is 7.17. The van der Waals surface area contributed by atoms with Gasteiger partial charge in [0.15, 0.2) is 5.76 Å². The summed E-state index contributed by atoms with van der Waals surface area (Å²) in [4.78, 5) is 22.6. The van der Waals surface area contributed by atoms with Gasteiger partial charge in [0.05, 0.1) is 24.3 Å². The number of benzene rings is 1. The maximum Gasteiger partial charge on any atom is 0.289 e. The summed E-state index contributed by atoms with van der Waals surface area (Å²) in [6.45, 7) is 4.22. The first-order valence-corrected chi connectivity index (χ1v) is 11.1. The summed E-state index contributed by atoms with van der Waals surface area (Å²) in [6.07, 6.45) is 1.51. The average Bonchev–Trinajstić information content (AvgIpc) is 3.54. The van der Waals surface area contributed by atoms with Crippen molar-refractivity contribution in [3.05, 3.63) is 64.7 Å². The predicted molar refractivity (Wildman–Crippen MR) is 118 cm³/mol. The van der Waals surface area contributed by atoms with Crippen molar-refractivity contribution in [2.45, 2.75) is 13.0 Å². The van der Waals surface area contributed by atoms with Gasteiger partial charge in [-0.15, -0.1) is 5.10 Å². The number of rotatable bonds is 5. The summed E-state index contributed by atoms with van der Waals surface area (Å²) < 4.78 is 12.1. The van der Waals surface area contributed by atoms with Crippen LogP contribution in [0.3, 0.4) is 0 Å². The Hall–Kier alpha value is -3.37. The van der Waals surface area contributed by atoms with Gasteiger partial charge in [-0.05, 0) is 36.8 Å². The number of piperazine rings is 1.